The van der Waals surface area contributed by atoms with Gasteiger partial charge in [-0.25, -0.2) is 0 Å². The van der Waals surface area contributed by atoms with Crippen molar-refractivity contribution in [2.45, 2.75) is 51.0 Å². The molecule has 5 rings (SSSR count). The van der Waals surface area contributed by atoms with Crippen molar-refractivity contribution in [1.82, 2.24) is 5.32 Å². The predicted octanol–water partition coefficient (Wildman–Crippen LogP) is 4.19. The molecule has 4 bridgehead atoms. The number of halogens is 1. The van der Waals surface area contributed by atoms with Crippen LogP contribution in [0.25, 0.3) is 0 Å². The van der Waals surface area contributed by atoms with Crippen LogP contribution < -0.4 is 5.32 Å². The standard InChI is InChI=1S/C20H24ClNO3/c21-16-3-1-15(2-4-16)17(8-18(23)24)22-19(25)20-9-12-5-13(10-20)7-14(6-12)11-20/h1-4,12-14,17H,5-11H2,(H,22,25)(H,23,24)/t12?,13?,14?,17-,20?/m1/s1. The summed E-state index contributed by atoms with van der Waals surface area (Å²) in [6, 6.07) is 6.58. The number of hydrogen-bond acceptors (Lipinski definition) is 2. The predicted molar refractivity (Wildman–Crippen MR) is 95.2 cm³/mol. The van der Waals surface area contributed by atoms with E-state index in [2.05, 4.69) is 5.32 Å². The van der Waals surface area contributed by atoms with Gasteiger partial charge in [0.2, 0.25) is 5.91 Å². The first-order chi connectivity index (χ1) is 11.9. The second-order valence-corrected chi connectivity index (χ2v) is 8.81. The molecule has 0 heterocycles. The zero-order valence-electron chi connectivity index (χ0n) is 14.2. The van der Waals surface area contributed by atoms with Crippen LogP contribution in [0.3, 0.4) is 0 Å². The van der Waals surface area contributed by atoms with E-state index in [-0.39, 0.29) is 17.7 Å². The first-order valence-corrected chi connectivity index (χ1v) is 9.59. The Kier molecular flexibility index (Phi) is 4.27. The molecule has 1 amide bonds. The van der Waals surface area contributed by atoms with Gasteiger partial charge in [0.05, 0.1) is 12.5 Å². The molecule has 0 aromatic heterocycles. The number of carboxylic acids is 1. The fourth-order valence-corrected chi connectivity index (χ4v) is 5.95. The van der Waals surface area contributed by atoms with Crippen molar-refractivity contribution < 1.29 is 14.7 Å². The lowest BCUT2D eigenvalue weighted by atomic mass is 9.49. The van der Waals surface area contributed by atoms with Crippen LogP contribution in [0.4, 0.5) is 0 Å². The van der Waals surface area contributed by atoms with Crippen LogP contribution in [0.5, 0.6) is 0 Å². The zero-order chi connectivity index (χ0) is 17.6. The first-order valence-electron chi connectivity index (χ1n) is 9.22. The van der Waals surface area contributed by atoms with Crippen LogP contribution in [0, 0.1) is 23.2 Å². The van der Waals surface area contributed by atoms with Crippen LogP contribution in [0.2, 0.25) is 5.02 Å². The average molecular weight is 362 g/mol. The Balaban J connectivity index is 1.54. The SMILES string of the molecule is O=C(O)C[C@@H](NC(=O)C12CC3CC(CC(C3)C1)C2)c1ccc(Cl)cc1. The monoisotopic (exact) mass is 361 g/mol. The van der Waals surface area contributed by atoms with Gasteiger partial charge < -0.3 is 10.4 Å². The normalized spacial score (nSPS) is 33.9. The summed E-state index contributed by atoms with van der Waals surface area (Å²) in [5.74, 6) is 1.21. The van der Waals surface area contributed by atoms with Crippen molar-refractivity contribution in [1.29, 1.82) is 0 Å². The Morgan fingerprint density at radius 2 is 1.60 bits per heavy atom. The number of carbonyl (C=O) groups is 2. The number of rotatable bonds is 5. The highest BCUT2D eigenvalue weighted by atomic mass is 35.5. The van der Waals surface area contributed by atoms with Crippen molar-refractivity contribution in [2.75, 3.05) is 0 Å². The molecule has 5 heteroatoms. The van der Waals surface area contributed by atoms with Crippen molar-refractivity contribution in [3.8, 4) is 0 Å². The lowest BCUT2D eigenvalue weighted by Gasteiger charge is -2.55. The van der Waals surface area contributed by atoms with Crippen LogP contribution in [-0.4, -0.2) is 17.0 Å². The summed E-state index contributed by atoms with van der Waals surface area (Å²) < 4.78 is 0. The Labute approximate surface area is 152 Å². The van der Waals surface area contributed by atoms with Crippen LogP contribution in [-0.2, 0) is 9.59 Å². The molecule has 1 aromatic carbocycles. The average Bonchev–Trinajstić information content (AvgIpc) is 2.53. The molecule has 4 fully saturated rings. The first kappa shape index (κ1) is 16.9. The summed E-state index contributed by atoms with van der Waals surface area (Å²) in [7, 11) is 0. The summed E-state index contributed by atoms with van der Waals surface area (Å²) in [6.07, 6.45) is 6.66. The molecule has 0 spiro atoms. The van der Waals surface area contributed by atoms with Crippen molar-refractivity contribution in [3.05, 3.63) is 34.9 Å². The number of carboxylic acid groups (broad SMARTS) is 1. The van der Waals surface area contributed by atoms with E-state index in [1.54, 1.807) is 24.3 Å². The smallest absolute Gasteiger partial charge is 0.305 e. The van der Waals surface area contributed by atoms with Crippen molar-refractivity contribution in [3.63, 3.8) is 0 Å². The van der Waals surface area contributed by atoms with E-state index >= 15 is 0 Å². The number of nitrogens with one attached hydrogen (secondary N) is 1. The summed E-state index contributed by atoms with van der Waals surface area (Å²) in [6.45, 7) is 0. The van der Waals surface area contributed by atoms with Gasteiger partial charge in [-0.1, -0.05) is 23.7 Å². The quantitative estimate of drug-likeness (QED) is 0.826. The number of aliphatic carboxylic acids is 1. The largest absolute Gasteiger partial charge is 0.481 e. The minimum atomic E-state index is -0.911. The number of amides is 1. The topological polar surface area (TPSA) is 66.4 Å². The summed E-state index contributed by atoms with van der Waals surface area (Å²) >= 11 is 5.94. The third-order valence-corrected chi connectivity index (χ3v) is 6.73. The maximum atomic E-state index is 13.2. The molecule has 0 saturated heterocycles. The summed E-state index contributed by atoms with van der Waals surface area (Å²) in [4.78, 5) is 24.5. The Hall–Kier alpha value is -1.55. The molecule has 2 N–H and O–H groups in total. The van der Waals surface area contributed by atoms with Gasteiger partial charge in [0.25, 0.3) is 0 Å². The van der Waals surface area contributed by atoms with E-state index in [9.17, 15) is 14.7 Å². The van der Waals surface area contributed by atoms with Gasteiger partial charge in [0.15, 0.2) is 0 Å². The van der Waals surface area contributed by atoms with Crippen LogP contribution in [0.1, 0.15) is 56.6 Å². The van der Waals surface area contributed by atoms with Crippen molar-refractivity contribution in [2.24, 2.45) is 23.2 Å². The molecule has 1 atom stereocenters. The van der Waals surface area contributed by atoms with Gasteiger partial charge in [0, 0.05) is 10.4 Å². The lowest BCUT2D eigenvalue weighted by molar-refractivity contribution is -0.147. The van der Waals surface area contributed by atoms with Gasteiger partial charge in [-0.05, 0) is 74.0 Å². The molecule has 4 saturated carbocycles. The molecule has 4 nitrogen and oxygen atoms in total. The van der Waals surface area contributed by atoms with E-state index in [4.69, 9.17) is 11.6 Å². The Morgan fingerprint density at radius 1 is 1.08 bits per heavy atom. The van der Waals surface area contributed by atoms with E-state index in [0.29, 0.717) is 22.8 Å². The van der Waals surface area contributed by atoms with Gasteiger partial charge in [-0.2, -0.15) is 0 Å². The fourth-order valence-electron chi connectivity index (χ4n) is 5.82. The second-order valence-electron chi connectivity index (χ2n) is 8.37. The highest BCUT2D eigenvalue weighted by Crippen LogP contribution is 2.60. The maximum absolute atomic E-state index is 13.2. The number of carbonyl (C=O) groups excluding carboxylic acids is 1. The lowest BCUT2D eigenvalue weighted by Crippen LogP contribution is -2.54. The Bertz CT molecular complexity index is 649. The molecular formula is C20H24ClNO3. The highest BCUT2D eigenvalue weighted by molar-refractivity contribution is 6.30. The fraction of sp³-hybridized carbons (Fsp3) is 0.600. The molecule has 0 unspecified atom stereocenters. The van der Waals surface area contributed by atoms with Crippen molar-refractivity contribution >= 4 is 23.5 Å². The van der Waals surface area contributed by atoms with Crippen LogP contribution in [0.15, 0.2) is 24.3 Å². The van der Waals surface area contributed by atoms with E-state index in [1.807, 2.05) is 0 Å². The zero-order valence-corrected chi connectivity index (χ0v) is 15.0. The minimum Gasteiger partial charge on any atom is -0.481 e. The molecule has 1 aromatic rings. The van der Waals surface area contributed by atoms with Gasteiger partial charge in [0.1, 0.15) is 0 Å². The molecule has 134 valence electrons. The molecule has 0 aliphatic heterocycles. The maximum Gasteiger partial charge on any atom is 0.305 e. The molecule has 4 aliphatic carbocycles. The van der Waals surface area contributed by atoms with Gasteiger partial charge in [-0.15, -0.1) is 0 Å². The third kappa shape index (κ3) is 3.29. The second kappa shape index (κ2) is 6.31. The highest BCUT2D eigenvalue weighted by Gasteiger charge is 2.54. The molecule has 0 radical (unpaired) electrons. The van der Waals surface area contributed by atoms with Crippen LogP contribution >= 0.6 is 11.6 Å². The number of hydrogen-bond donors (Lipinski definition) is 2. The van der Waals surface area contributed by atoms with E-state index < -0.39 is 12.0 Å². The van der Waals surface area contributed by atoms with Gasteiger partial charge in [-0.3, -0.25) is 9.59 Å². The Morgan fingerprint density at radius 3 is 2.08 bits per heavy atom. The summed E-state index contributed by atoms with van der Waals surface area (Å²) in [5.41, 5.74) is 0.530. The summed E-state index contributed by atoms with van der Waals surface area (Å²) in [5, 5.41) is 12.9. The molecule has 25 heavy (non-hydrogen) atoms. The van der Waals surface area contributed by atoms with Gasteiger partial charge >= 0.3 is 5.97 Å². The third-order valence-electron chi connectivity index (χ3n) is 6.48. The molecular weight excluding hydrogens is 338 g/mol. The van der Waals surface area contributed by atoms with E-state index in [0.717, 1.165) is 24.8 Å². The minimum absolute atomic E-state index is 0.0628. The number of benzene rings is 1. The molecule has 4 aliphatic rings. The van der Waals surface area contributed by atoms with E-state index in [1.165, 1.54) is 19.3 Å².